The van der Waals surface area contributed by atoms with Crippen molar-refractivity contribution in [2.24, 2.45) is 0 Å². The third-order valence-corrected chi connectivity index (χ3v) is 5.42. The van der Waals surface area contributed by atoms with E-state index in [0.29, 0.717) is 0 Å². The van der Waals surface area contributed by atoms with E-state index in [-0.39, 0.29) is 0 Å². The minimum Gasteiger partial charge on any atom is -0.384 e. The van der Waals surface area contributed by atoms with E-state index in [1.54, 1.807) is 0 Å². The molecular formula is C20H27Cl2N3. The third-order valence-electron chi connectivity index (χ3n) is 4.92. The molecule has 1 heterocycles. The average Bonchev–Trinajstić information content (AvgIpc) is 2.62. The van der Waals surface area contributed by atoms with Crippen molar-refractivity contribution in [3.63, 3.8) is 0 Å². The smallest absolute Gasteiger partial charge is 0.0741 e. The van der Waals surface area contributed by atoms with Crippen LogP contribution in [0.25, 0.3) is 10.9 Å². The monoisotopic (exact) mass is 379 g/mol. The molecule has 0 unspecified atom stereocenters. The summed E-state index contributed by atoms with van der Waals surface area (Å²) in [6, 6.07) is 6.05. The van der Waals surface area contributed by atoms with Crippen molar-refractivity contribution in [3.8, 4) is 0 Å². The van der Waals surface area contributed by atoms with Gasteiger partial charge in [-0.05, 0) is 82.4 Å². The van der Waals surface area contributed by atoms with Crippen LogP contribution in [-0.2, 0) is 12.8 Å². The molecule has 1 aromatic carbocycles. The maximum atomic E-state index is 6.18. The van der Waals surface area contributed by atoms with Gasteiger partial charge in [-0.3, -0.25) is 4.98 Å². The largest absolute Gasteiger partial charge is 0.384 e. The van der Waals surface area contributed by atoms with E-state index in [0.717, 1.165) is 61.7 Å². The summed E-state index contributed by atoms with van der Waals surface area (Å²) in [6.07, 6.45) is 6.85. The minimum atomic E-state index is 0.736. The van der Waals surface area contributed by atoms with Gasteiger partial charge in [-0.1, -0.05) is 11.6 Å². The van der Waals surface area contributed by atoms with Crippen molar-refractivity contribution >= 4 is 39.8 Å². The molecule has 25 heavy (non-hydrogen) atoms. The second-order valence-electron chi connectivity index (χ2n) is 6.91. The second-order valence-corrected chi connectivity index (χ2v) is 7.72. The Morgan fingerprint density at radius 2 is 1.96 bits per heavy atom. The summed E-state index contributed by atoms with van der Waals surface area (Å²) < 4.78 is 0. The van der Waals surface area contributed by atoms with E-state index >= 15 is 0 Å². The normalized spacial score (nSPS) is 14.1. The number of benzene rings is 1. The molecule has 1 aromatic heterocycles. The van der Waals surface area contributed by atoms with Crippen LogP contribution in [0, 0.1) is 0 Å². The molecule has 0 spiro atoms. The predicted octanol–water partition coefficient (Wildman–Crippen LogP) is 5.13. The van der Waals surface area contributed by atoms with Gasteiger partial charge in [-0.25, -0.2) is 0 Å². The highest BCUT2D eigenvalue weighted by atomic mass is 35.5. The summed E-state index contributed by atoms with van der Waals surface area (Å²) in [5.41, 5.74) is 4.95. The molecule has 1 N–H and O–H groups in total. The molecule has 3 nitrogen and oxygen atoms in total. The topological polar surface area (TPSA) is 28.2 Å². The quantitative estimate of drug-likeness (QED) is 0.508. The summed E-state index contributed by atoms with van der Waals surface area (Å²) in [7, 11) is 2.16. The van der Waals surface area contributed by atoms with Crippen molar-refractivity contribution in [1.29, 1.82) is 0 Å². The Labute approximate surface area is 160 Å². The van der Waals surface area contributed by atoms with E-state index in [9.17, 15) is 0 Å². The fraction of sp³-hybridized carbons (Fsp3) is 0.550. The molecule has 0 saturated heterocycles. The summed E-state index contributed by atoms with van der Waals surface area (Å²) in [5.74, 6) is 0.736. The van der Waals surface area contributed by atoms with Gasteiger partial charge in [0.15, 0.2) is 0 Å². The number of anilines is 1. The first-order valence-corrected chi connectivity index (χ1v) is 10.2. The SMILES string of the molecule is CN(CCCCl)CCCNc1c2c(nc3cc(Cl)ccc13)CCCC2. The van der Waals surface area contributed by atoms with E-state index in [2.05, 4.69) is 23.3 Å². The lowest BCUT2D eigenvalue weighted by molar-refractivity contribution is 0.334. The summed E-state index contributed by atoms with van der Waals surface area (Å²) in [4.78, 5) is 7.23. The molecule has 0 aliphatic heterocycles. The fourth-order valence-electron chi connectivity index (χ4n) is 3.60. The Morgan fingerprint density at radius 1 is 1.16 bits per heavy atom. The highest BCUT2D eigenvalue weighted by molar-refractivity contribution is 6.31. The molecular weight excluding hydrogens is 353 g/mol. The number of nitrogens with one attached hydrogen (secondary N) is 1. The van der Waals surface area contributed by atoms with Gasteiger partial charge in [-0.15, -0.1) is 11.6 Å². The molecule has 0 radical (unpaired) electrons. The van der Waals surface area contributed by atoms with Crippen LogP contribution in [0.2, 0.25) is 5.02 Å². The van der Waals surface area contributed by atoms with E-state index < -0.39 is 0 Å². The number of fused-ring (bicyclic) bond motifs is 2. The van der Waals surface area contributed by atoms with Gasteiger partial charge < -0.3 is 10.2 Å². The molecule has 1 aliphatic carbocycles. The number of hydrogen-bond acceptors (Lipinski definition) is 3. The van der Waals surface area contributed by atoms with E-state index in [4.69, 9.17) is 28.2 Å². The average molecular weight is 380 g/mol. The molecule has 136 valence electrons. The molecule has 0 amide bonds. The summed E-state index contributed by atoms with van der Waals surface area (Å²) >= 11 is 11.9. The molecule has 0 saturated carbocycles. The van der Waals surface area contributed by atoms with Gasteiger partial charge in [0.05, 0.1) is 5.52 Å². The van der Waals surface area contributed by atoms with Gasteiger partial charge >= 0.3 is 0 Å². The van der Waals surface area contributed by atoms with Gasteiger partial charge in [0.25, 0.3) is 0 Å². The highest BCUT2D eigenvalue weighted by Crippen LogP contribution is 2.34. The van der Waals surface area contributed by atoms with Crippen molar-refractivity contribution in [1.82, 2.24) is 9.88 Å². The Balaban J connectivity index is 1.73. The minimum absolute atomic E-state index is 0.736. The number of hydrogen-bond donors (Lipinski definition) is 1. The van der Waals surface area contributed by atoms with Gasteiger partial charge in [-0.2, -0.15) is 0 Å². The zero-order valence-electron chi connectivity index (χ0n) is 15.0. The van der Waals surface area contributed by atoms with Crippen LogP contribution in [0.1, 0.15) is 36.9 Å². The van der Waals surface area contributed by atoms with E-state index in [1.807, 2.05) is 12.1 Å². The first-order valence-electron chi connectivity index (χ1n) is 9.28. The van der Waals surface area contributed by atoms with Crippen LogP contribution >= 0.6 is 23.2 Å². The van der Waals surface area contributed by atoms with Gasteiger partial charge in [0, 0.05) is 34.2 Å². The zero-order chi connectivity index (χ0) is 17.6. The zero-order valence-corrected chi connectivity index (χ0v) is 16.5. The number of halogens is 2. The Bertz CT molecular complexity index is 718. The van der Waals surface area contributed by atoms with Crippen LogP contribution in [0.4, 0.5) is 5.69 Å². The van der Waals surface area contributed by atoms with Crippen LogP contribution < -0.4 is 5.32 Å². The highest BCUT2D eigenvalue weighted by Gasteiger charge is 2.18. The van der Waals surface area contributed by atoms with Gasteiger partial charge in [0.2, 0.25) is 0 Å². The number of pyridine rings is 1. The molecule has 0 atom stereocenters. The maximum Gasteiger partial charge on any atom is 0.0741 e. The molecule has 0 bridgehead atoms. The number of nitrogens with zero attached hydrogens (tertiary/aromatic N) is 2. The first-order chi connectivity index (χ1) is 12.2. The molecule has 0 fully saturated rings. The first kappa shape index (κ1) is 18.8. The fourth-order valence-corrected chi connectivity index (χ4v) is 3.89. The lowest BCUT2D eigenvalue weighted by atomic mass is 9.92. The Kier molecular flexibility index (Phi) is 6.80. The third kappa shape index (κ3) is 4.78. The van der Waals surface area contributed by atoms with E-state index in [1.165, 1.54) is 35.2 Å². The molecule has 3 rings (SSSR count). The molecule has 5 heteroatoms. The summed E-state index contributed by atoms with van der Waals surface area (Å²) in [6.45, 7) is 3.12. The van der Waals surface area contributed by atoms with Crippen molar-refractivity contribution in [2.45, 2.75) is 38.5 Å². The van der Waals surface area contributed by atoms with Crippen LogP contribution in [0.15, 0.2) is 18.2 Å². The number of aryl methyl sites for hydroxylation is 1. The van der Waals surface area contributed by atoms with Crippen molar-refractivity contribution in [2.75, 3.05) is 37.9 Å². The Hall–Kier alpha value is -1.03. The number of aromatic nitrogens is 1. The second kappa shape index (κ2) is 9.07. The lowest BCUT2D eigenvalue weighted by Crippen LogP contribution is -2.23. The predicted molar refractivity (Wildman–Crippen MR) is 109 cm³/mol. The number of rotatable bonds is 8. The summed E-state index contributed by atoms with van der Waals surface area (Å²) in [5, 5.41) is 5.66. The maximum absolute atomic E-state index is 6.18. The molecule has 2 aromatic rings. The van der Waals surface area contributed by atoms with Crippen LogP contribution in [-0.4, -0.2) is 42.4 Å². The lowest BCUT2D eigenvalue weighted by Gasteiger charge is -2.22. The van der Waals surface area contributed by atoms with Crippen molar-refractivity contribution in [3.05, 3.63) is 34.5 Å². The van der Waals surface area contributed by atoms with Gasteiger partial charge in [0.1, 0.15) is 0 Å². The van der Waals surface area contributed by atoms with Crippen LogP contribution in [0.5, 0.6) is 0 Å². The standard InChI is InChI=1S/C20H27Cl2N3/c1-25(12-4-10-21)13-5-11-23-20-16-6-2-3-7-18(16)24-19-14-15(22)8-9-17(19)20/h8-9,14H,2-7,10-13H2,1H3,(H,23,24). The number of alkyl halides is 1. The molecule has 1 aliphatic rings. The Morgan fingerprint density at radius 3 is 2.80 bits per heavy atom. The van der Waals surface area contributed by atoms with Crippen molar-refractivity contribution < 1.29 is 0 Å². The van der Waals surface area contributed by atoms with Crippen LogP contribution in [0.3, 0.4) is 0 Å².